The number of nitrogens with one attached hydrogen (secondary N) is 1. The third-order valence-corrected chi connectivity index (χ3v) is 3.01. The minimum atomic E-state index is -0.0933. The molecule has 0 bridgehead atoms. The molecule has 5 nitrogen and oxygen atoms in total. The summed E-state index contributed by atoms with van der Waals surface area (Å²) in [7, 11) is 0. The van der Waals surface area contributed by atoms with Crippen LogP contribution in [0.4, 0.5) is 0 Å². The Morgan fingerprint density at radius 1 is 1.47 bits per heavy atom. The molecule has 1 aromatic heterocycles. The van der Waals surface area contributed by atoms with Crippen molar-refractivity contribution in [3.05, 3.63) is 30.1 Å². The fourth-order valence-electron chi connectivity index (χ4n) is 2.18. The molecule has 2 unspecified atom stereocenters. The lowest BCUT2D eigenvalue weighted by molar-refractivity contribution is -0.122. The van der Waals surface area contributed by atoms with E-state index in [9.17, 15) is 4.79 Å². The van der Waals surface area contributed by atoms with E-state index in [-0.39, 0.29) is 18.0 Å². The first kappa shape index (κ1) is 15.6. The van der Waals surface area contributed by atoms with Crippen LogP contribution in [-0.4, -0.2) is 41.5 Å². The number of aromatic nitrogens is 1. The second-order valence-electron chi connectivity index (χ2n) is 4.58. The molecule has 5 heteroatoms. The Kier molecular flexibility index (Phi) is 6.45. The molecule has 0 radical (unpaired) electrons. The van der Waals surface area contributed by atoms with Crippen molar-refractivity contribution in [2.24, 2.45) is 5.73 Å². The molecular weight excluding hydrogens is 240 g/mol. The van der Waals surface area contributed by atoms with E-state index in [1.54, 1.807) is 6.20 Å². The Labute approximate surface area is 115 Å². The van der Waals surface area contributed by atoms with Crippen LogP contribution in [0.1, 0.15) is 32.5 Å². The molecule has 1 rings (SSSR count). The van der Waals surface area contributed by atoms with Crippen LogP contribution in [-0.2, 0) is 4.79 Å². The molecular formula is C14H24N4O. The van der Waals surface area contributed by atoms with Crippen molar-refractivity contribution in [3.8, 4) is 0 Å². The van der Waals surface area contributed by atoms with Gasteiger partial charge in [-0.3, -0.25) is 14.7 Å². The molecule has 19 heavy (non-hydrogen) atoms. The Hall–Kier alpha value is -1.46. The quantitative estimate of drug-likeness (QED) is 0.768. The van der Waals surface area contributed by atoms with Crippen LogP contribution in [0.2, 0.25) is 0 Å². The Balaban J connectivity index is 2.87. The third-order valence-electron chi connectivity index (χ3n) is 3.01. The van der Waals surface area contributed by atoms with E-state index in [1.807, 2.05) is 39.0 Å². The van der Waals surface area contributed by atoms with Gasteiger partial charge in [0, 0.05) is 18.8 Å². The molecule has 1 aromatic rings. The lowest BCUT2D eigenvalue weighted by atomic mass is 10.0. The van der Waals surface area contributed by atoms with Crippen LogP contribution in [0.15, 0.2) is 24.4 Å². The monoisotopic (exact) mass is 264 g/mol. The van der Waals surface area contributed by atoms with Crippen molar-refractivity contribution in [1.82, 2.24) is 15.2 Å². The summed E-state index contributed by atoms with van der Waals surface area (Å²) in [5.41, 5.74) is 6.99. The zero-order valence-electron chi connectivity index (χ0n) is 12.0. The van der Waals surface area contributed by atoms with Crippen molar-refractivity contribution >= 4 is 5.91 Å². The summed E-state index contributed by atoms with van der Waals surface area (Å²) in [5.74, 6) is 0.0194. The summed E-state index contributed by atoms with van der Waals surface area (Å²) in [6, 6.07) is 5.63. The van der Waals surface area contributed by atoms with E-state index >= 15 is 0 Å². The maximum Gasteiger partial charge on any atom is 0.234 e. The van der Waals surface area contributed by atoms with Crippen LogP contribution in [0.3, 0.4) is 0 Å². The summed E-state index contributed by atoms with van der Waals surface area (Å²) in [6.45, 7) is 7.61. The minimum absolute atomic E-state index is 0.0194. The van der Waals surface area contributed by atoms with Gasteiger partial charge in [0.2, 0.25) is 5.91 Å². The summed E-state index contributed by atoms with van der Waals surface area (Å²) < 4.78 is 0. The van der Waals surface area contributed by atoms with Gasteiger partial charge in [0.15, 0.2) is 0 Å². The van der Waals surface area contributed by atoms with Gasteiger partial charge in [-0.25, -0.2) is 0 Å². The number of hydrogen-bond donors (Lipinski definition) is 2. The molecule has 3 N–H and O–H groups in total. The molecule has 106 valence electrons. The number of amides is 1. The lowest BCUT2D eigenvalue weighted by Gasteiger charge is -2.32. The van der Waals surface area contributed by atoms with Gasteiger partial charge >= 0.3 is 0 Å². The molecule has 0 aliphatic carbocycles. The summed E-state index contributed by atoms with van der Waals surface area (Å²) in [4.78, 5) is 18.2. The predicted molar refractivity (Wildman–Crippen MR) is 76.6 cm³/mol. The summed E-state index contributed by atoms with van der Waals surface area (Å²) >= 11 is 0. The van der Waals surface area contributed by atoms with E-state index in [0.29, 0.717) is 13.1 Å². The standard InChI is InChI=1S/C14H24N4O/c1-4-16-13(19)10-18(5-2)14(11(3)15)12-8-6-7-9-17-12/h6-9,11,14H,4-5,10,15H2,1-3H3,(H,16,19). The summed E-state index contributed by atoms with van der Waals surface area (Å²) in [5, 5.41) is 2.81. The molecule has 0 saturated carbocycles. The molecule has 0 aromatic carbocycles. The number of carbonyl (C=O) groups excluding carboxylic acids is 1. The van der Waals surface area contributed by atoms with Crippen molar-refractivity contribution in [3.63, 3.8) is 0 Å². The molecule has 1 heterocycles. The average Bonchev–Trinajstić information content (AvgIpc) is 2.39. The Morgan fingerprint density at radius 3 is 2.68 bits per heavy atom. The Bertz CT molecular complexity index is 380. The smallest absolute Gasteiger partial charge is 0.234 e. The highest BCUT2D eigenvalue weighted by Crippen LogP contribution is 2.20. The van der Waals surface area contributed by atoms with Gasteiger partial charge in [-0.2, -0.15) is 0 Å². The van der Waals surface area contributed by atoms with Gasteiger partial charge < -0.3 is 11.1 Å². The SMILES string of the molecule is CCNC(=O)CN(CC)C(c1ccccn1)C(C)N. The molecule has 1 amide bonds. The van der Waals surface area contributed by atoms with Gasteiger partial charge in [0.05, 0.1) is 18.3 Å². The molecule has 0 aliphatic heterocycles. The predicted octanol–water partition coefficient (Wildman–Crippen LogP) is 0.928. The number of pyridine rings is 1. The first-order valence-corrected chi connectivity index (χ1v) is 6.77. The normalized spacial score (nSPS) is 14.2. The number of likely N-dealkylation sites (N-methyl/N-ethyl adjacent to an activating group) is 2. The second-order valence-corrected chi connectivity index (χ2v) is 4.58. The number of rotatable bonds is 7. The van der Waals surface area contributed by atoms with Gasteiger partial charge in [-0.15, -0.1) is 0 Å². The zero-order chi connectivity index (χ0) is 14.3. The first-order valence-electron chi connectivity index (χ1n) is 6.77. The average molecular weight is 264 g/mol. The number of carbonyl (C=O) groups is 1. The number of nitrogens with zero attached hydrogens (tertiary/aromatic N) is 2. The fraction of sp³-hybridized carbons (Fsp3) is 0.571. The van der Waals surface area contributed by atoms with Gasteiger partial charge in [-0.1, -0.05) is 13.0 Å². The molecule has 0 fully saturated rings. The van der Waals surface area contributed by atoms with E-state index in [0.717, 1.165) is 12.2 Å². The Morgan fingerprint density at radius 2 is 2.21 bits per heavy atom. The number of nitrogens with two attached hydrogens (primary N) is 1. The van der Waals surface area contributed by atoms with Gasteiger partial charge in [0.1, 0.15) is 0 Å². The highest BCUT2D eigenvalue weighted by molar-refractivity contribution is 5.78. The van der Waals surface area contributed by atoms with Gasteiger partial charge in [-0.05, 0) is 32.5 Å². The fourth-order valence-corrected chi connectivity index (χ4v) is 2.18. The summed E-state index contributed by atoms with van der Waals surface area (Å²) in [6.07, 6.45) is 1.75. The van der Waals surface area contributed by atoms with Crippen molar-refractivity contribution in [2.45, 2.75) is 32.9 Å². The van der Waals surface area contributed by atoms with Gasteiger partial charge in [0.25, 0.3) is 0 Å². The molecule has 0 spiro atoms. The van der Waals surface area contributed by atoms with E-state index < -0.39 is 0 Å². The van der Waals surface area contributed by atoms with Crippen molar-refractivity contribution in [1.29, 1.82) is 0 Å². The minimum Gasteiger partial charge on any atom is -0.355 e. The van der Waals surface area contributed by atoms with Crippen LogP contribution in [0.5, 0.6) is 0 Å². The second kappa shape index (κ2) is 7.86. The molecule has 0 aliphatic rings. The zero-order valence-corrected chi connectivity index (χ0v) is 12.0. The van der Waals surface area contributed by atoms with E-state index in [4.69, 9.17) is 5.73 Å². The first-order chi connectivity index (χ1) is 9.10. The van der Waals surface area contributed by atoms with Crippen LogP contribution in [0.25, 0.3) is 0 Å². The van der Waals surface area contributed by atoms with Crippen molar-refractivity contribution < 1.29 is 4.79 Å². The highest BCUT2D eigenvalue weighted by atomic mass is 16.2. The van der Waals surface area contributed by atoms with Crippen LogP contribution < -0.4 is 11.1 Å². The maximum absolute atomic E-state index is 11.8. The number of hydrogen-bond acceptors (Lipinski definition) is 4. The van der Waals surface area contributed by atoms with Crippen molar-refractivity contribution in [2.75, 3.05) is 19.6 Å². The van der Waals surface area contributed by atoms with E-state index in [2.05, 4.69) is 15.2 Å². The van der Waals surface area contributed by atoms with Crippen LogP contribution >= 0.6 is 0 Å². The molecule has 2 atom stereocenters. The molecule has 0 saturated heterocycles. The largest absolute Gasteiger partial charge is 0.355 e. The lowest BCUT2D eigenvalue weighted by Crippen LogP contribution is -2.45. The third kappa shape index (κ3) is 4.61. The topological polar surface area (TPSA) is 71.2 Å². The highest BCUT2D eigenvalue weighted by Gasteiger charge is 2.25. The van der Waals surface area contributed by atoms with Crippen LogP contribution in [0, 0.1) is 0 Å². The van der Waals surface area contributed by atoms with E-state index in [1.165, 1.54) is 0 Å². The maximum atomic E-state index is 11.8.